The first-order valence-corrected chi connectivity index (χ1v) is 6.57. The minimum Gasteiger partial charge on any atom is -0.323 e. The Morgan fingerprint density at radius 2 is 1.94 bits per heavy atom. The number of rotatable bonds is 3. The quantitative estimate of drug-likeness (QED) is 0.371. The van der Waals surface area contributed by atoms with Gasteiger partial charge in [0, 0.05) is 0 Å². The first-order valence-electron chi connectivity index (χ1n) is 5.70. The van der Waals surface area contributed by atoms with Crippen LogP contribution in [-0.4, -0.2) is 39.5 Å². The predicted molar refractivity (Wildman–Crippen MR) is 64.5 cm³/mol. The van der Waals surface area contributed by atoms with Gasteiger partial charge in [0.15, 0.2) is 0 Å². The lowest BCUT2D eigenvalue weighted by atomic mass is 9.82. The summed E-state index contributed by atoms with van der Waals surface area (Å²) in [6, 6.07) is -0.307. The van der Waals surface area contributed by atoms with Crippen LogP contribution in [-0.2, 0) is 4.79 Å². The maximum absolute atomic E-state index is 12.3. The fourth-order valence-electron chi connectivity index (χ4n) is 2.49. The Bertz CT molecular complexity index is 332. The highest BCUT2D eigenvalue weighted by Crippen LogP contribution is 2.33. The van der Waals surface area contributed by atoms with Crippen molar-refractivity contribution in [3.05, 3.63) is 0 Å². The van der Waals surface area contributed by atoms with Gasteiger partial charge in [0.05, 0.1) is 12.7 Å². The van der Waals surface area contributed by atoms with Crippen molar-refractivity contribution >= 4 is 35.3 Å². The molecule has 2 aliphatic rings. The maximum Gasteiger partial charge on any atom is 0.326 e. The van der Waals surface area contributed by atoms with Crippen LogP contribution in [0.5, 0.6) is 0 Å². The number of nitrogens with one attached hydrogen (secondary N) is 1. The Morgan fingerprint density at radius 3 is 2.53 bits per heavy atom. The van der Waals surface area contributed by atoms with Crippen LogP contribution in [0.4, 0.5) is 4.79 Å². The molecule has 0 bridgehead atoms. The van der Waals surface area contributed by atoms with Crippen molar-refractivity contribution in [3.63, 3.8) is 0 Å². The van der Waals surface area contributed by atoms with Crippen LogP contribution in [0.3, 0.4) is 0 Å². The van der Waals surface area contributed by atoms with E-state index in [1.165, 1.54) is 4.42 Å². The van der Waals surface area contributed by atoms with E-state index in [4.69, 9.17) is 23.4 Å². The second kappa shape index (κ2) is 5.00. The molecule has 1 aliphatic heterocycles. The van der Waals surface area contributed by atoms with Crippen LogP contribution in [0.15, 0.2) is 0 Å². The molecule has 5 nitrogen and oxygen atoms in total. The van der Waals surface area contributed by atoms with Gasteiger partial charge in [0.1, 0.15) is 5.54 Å². The van der Waals surface area contributed by atoms with Gasteiger partial charge in [-0.1, -0.05) is 19.3 Å². The molecule has 1 aliphatic carbocycles. The van der Waals surface area contributed by atoms with Gasteiger partial charge in [-0.3, -0.25) is 4.79 Å². The largest absolute Gasteiger partial charge is 0.326 e. The number of urea groups is 1. The third-order valence-electron chi connectivity index (χ3n) is 3.38. The van der Waals surface area contributed by atoms with E-state index in [2.05, 4.69) is 5.32 Å². The standard InChI is InChI=1S/C10H15Cl2N3O2/c11-6-14(12)7-15-8(16)10(13-9(15)17)4-2-1-3-5-10/h1-7H2,(H,13,17). The summed E-state index contributed by atoms with van der Waals surface area (Å²) >= 11 is 11.3. The highest BCUT2D eigenvalue weighted by molar-refractivity contribution is 6.22. The average Bonchev–Trinajstić information content (AvgIpc) is 2.55. The molecule has 0 aromatic heterocycles. The molecule has 2 rings (SSSR count). The van der Waals surface area contributed by atoms with Crippen LogP contribution in [0.2, 0.25) is 0 Å². The number of hydrogen-bond acceptors (Lipinski definition) is 3. The Kier molecular flexibility index (Phi) is 3.80. The van der Waals surface area contributed by atoms with Crippen molar-refractivity contribution < 1.29 is 9.59 Å². The summed E-state index contributed by atoms with van der Waals surface area (Å²) in [5.41, 5.74) is -0.681. The Morgan fingerprint density at radius 1 is 1.29 bits per heavy atom. The number of hydrogen-bond donors (Lipinski definition) is 1. The number of alkyl halides is 1. The lowest BCUT2D eigenvalue weighted by Crippen LogP contribution is -2.48. The van der Waals surface area contributed by atoms with Gasteiger partial charge in [-0.05, 0) is 24.6 Å². The van der Waals surface area contributed by atoms with E-state index in [9.17, 15) is 9.59 Å². The number of nitrogens with zero attached hydrogens (tertiary/aromatic N) is 2. The zero-order chi connectivity index (χ0) is 12.5. The molecule has 0 unspecified atom stereocenters. The highest BCUT2D eigenvalue weighted by Gasteiger charge is 2.51. The summed E-state index contributed by atoms with van der Waals surface area (Å²) in [6.45, 7) is 0.0253. The van der Waals surface area contributed by atoms with E-state index < -0.39 is 5.54 Å². The summed E-state index contributed by atoms with van der Waals surface area (Å²) in [6.07, 6.45) is 4.50. The first kappa shape index (κ1) is 12.9. The van der Waals surface area contributed by atoms with Gasteiger partial charge in [0.25, 0.3) is 5.91 Å². The molecule has 1 N–H and O–H groups in total. The van der Waals surface area contributed by atoms with Crippen LogP contribution in [0, 0.1) is 0 Å². The number of halogens is 2. The van der Waals surface area contributed by atoms with E-state index in [0.29, 0.717) is 0 Å². The Labute approximate surface area is 110 Å². The molecule has 2 fully saturated rings. The van der Waals surface area contributed by atoms with E-state index in [1.807, 2.05) is 0 Å². The van der Waals surface area contributed by atoms with Gasteiger partial charge in [-0.15, -0.1) is 11.6 Å². The third kappa shape index (κ3) is 2.37. The molecule has 0 aromatic carbocycles. The monoisotopic (exact) mass is 279 g/mol. The lowest BCUT2D eigenvalue weighted by molar-refractivity contribution is -0.133. The number of amides is 3. The fraction of sp³-hybridized carbons (Fsp3) is 0.800. The molecule has 3 amide bonds. The smallest absolute Gasteiger partial charge is 0.323 e. The molecule has 0 atom stereocenters. The Balaban J connectivity index is 2.10. The van der Waals surface area contributed by atoms with Gasteiger partial charge in [0.2, 0.25) is 0 Å². The zero-order valence-electron chi connectivity index (χ0n) is 9.42. The summed E-state index contributed by atoms with van der Waals surface area (Å²) in [5, 5.41) is 2.81. The maximum atomic E-state index is 12.3. The van der Waals surface area contributed by atoms with Crippen molar-refractivity contribution in [3.8, 4) is 0 Å². The summed E-state index contributed by atoms with van der Waals surface area (Å²) in [4.78, 5) is 25.2. The van der Waals surface area contributed by atoms with Crippen LogP contribution in [0.1, 0.15) is 32.1 Å². The summed E-state index contributed by atoms with van der Waals surface area (Å²) in [5.74, 6) is -0.169. The number of carbonyl (C=O) groups is 2. The molecular formula is C10H15Cl2N3O2. The topological polar surface area (TPSA) is 52.7 Å². The molecule has 7 heteroatoms. The van der Waals surface area contributed by atoms with Crippen molar-refractivity contribution in [2.45, 2.75) is 37.6 Å². The van der Waals surface area contributed by atoms with Gasteiger partial charge in [-0.25, -0.2) is 9.69 Å². The van der Waals surface area contributed by atoms with Gasteiger partial charge in [-0.2, -0.15) is 4.42 Å². The number of imide groups is 1. The van der Waals surface area contributed by atoms with Crippen molar-refractivity contribution in [1.82, 2.24) is 14.6 Å². The van der Waals surface area contributed by atoms with E-state index in [0.717, 1.165) is 37.0 Å². The average molecular weight is 280 g/mol. The van der Waals surface area contributed by atoms with Crippen LogP contribution >= 0.6 is 23.4 Å². The fourth-order valence-corrected chi connectivity index (χ4v) is 2.67. The van der Waals surface area contributed by atoms with E-state index in [-0.39, 0.29) is 24.6 Å². The van der Waals surface area contributed by atoms with Crippen molar-refractivity contribution in [2.24, 2.45) is 0 Å². The predicted octanol–water partition coefficient (Wildman–Crippen LogP) is 1.85. The van der Waals surface area contributed by atoms with E-state index >= 15 is 0 Å². The molecule has 1 spiro atoms. The van der Waals surface area contributed by atoms with E-state index in [1.54, 1.807) is 0 Å². The molecule has 96 valence electrons. The molecule has 1 heterocycles. The van der Waals surface area contributed by atoms with Gasteiger partial charge >= 0.3 is 6.03 Å². The molecule has 1 saturated heterocycles. The zero-order valence-corrected chi connectivity index (χ0v) is 10.9. The second-order valence-corrected chi connectivity index (χ2v) is 5.25. The third-order valence-corrected chi connectivity index (χ3v) is 4.01. The molecule has 17 heavy (non-hydrogen) atoms. The lowest BCUT2D eigenvalue weighted by Gasteiger charge is -2.30. The van der Waals surface area contributed by atoms with Crippen LogP contribution in [0.25, 0.3) is 0 Å². The van der Waals surface area contributed by atoms with Crippen molar-refractivity contribution in [1.29, 1.82) is 0 Å². The SMILES string of the molecule is O=C1NC2(CCCCC2)C(=O)N1CN(Cl)CCl. The number of carbonyl (C=O) groups excluding carboxylic acids is 2. The van der Waals surface area contributed by atoms with Crippen molar-refractivity contribution in [2.75, 3.05) is 12.7 Å². The normalized spacial score (nSPS) is 23.6. The second-order valence-electron chi connectivity index (χ2n) is 4.53. The van der Waals surface area contributed by atoms with Gasteiger partial charge < -0.3 is 5.32 Å². The minimum absolute atomic E-state index is 0.0253. The molecule has 0 radical (unpaired) electrons. The minimum atomic E-state index is -0.681. The molecule has 1 saturated carbocycles. The Hall–Kier alpha value is -0.520. The molecule has 0 aromatic rings. The highest BCUT2D eigenvalue weighted by atomic mass is 35.5. The summed E-state index contributed by atoms with van der Waals surface area (Å²) in [7, 11) is 0. The first-order chi connectivity index (χ1) is 8.09. The summed E-state index contributed by atoms with van der Waals surface area (Å²) < 4.78 is 1.20. The molecular weight excluding hydrogens is 265 g/mol. The van der Waals surface area contributed by atoms with Crippen LogP contribution < -0.4 is 5.32 Å².